The predicted octanol–water partition coefficient (Wildman–Crippen LogP) is 1.67. The fraction of sp³-hybridized carbons (Fsp3) is 0.444. The van der Waals surface area contributed by atoms with Crippen molar-refractivity contribution in [3.05, 3.63) is 42.5 Å². The van der Waals surface area contributed by atoms with Crippen molar-refractivity contribution in [1.82, 2.24) is 25.1 Å². The lowest BCUT2D eigenvalue weighted by atomic mass is 9.93. The van der Waals surface area contributed by atoms with Gasteiger partial charge in [-0.2, -0.15) is 4.68 Å². The first-order valence-electron chi connectivity index (χ1n) is 8.85. The molecule has 1 atom stereocenters. The molecule has 0 bridgehead atoms. The molecule has 7 heteroatoms. The summed E-state index contributed by atoms with van der Waals surface area (Å²) in [5, 5.41) is 12.1. The van der Waals surface area contributed by atoms with Crippen LogP contribution >= 0.6 is 0 Å². The van der Waals surface area contributed by atoms with E-state index in [2.05, 4.69) is 32.6 Å². The van der Waals surface area contributed by atoms with Crippen molar-refractivity contribution in [3.63, 3.8) is 0 Å². The summed E-state index contributed by atoms with van der Waals surface area (Å²) in [5.74, 6) is 1.19. The Kier molecular flexibility index (Phi) is 4.45. The molecule has 130 valence electrons. The zero-order chi connectivity index (χ0) is 17.1. The van der Waals surface area contributed by atoms with Crippen LogP contribution in [-0.2, 0) is 4.79 Å². The maximum atomic E-state index is 12.7. The Morgan fingerprint density at radius 2 is 1.84 bits per heavy atom. The van der Waals surface area contributed by atoms with Crippen LogP contribution in [0, 0.1) is 5.92 Å². The van der Waals surface area contributed by atoms with Crippen molar-refractivity contribution < 1.29 is 4.79 Å². The molecule has 2 aliphatic rings. The van der Waals surface area contributed by atoms with Gasteiger partial charge in [-0.05, 0) is 41.8 Å². The van der Waals surface area contributed by atoms with E-state index >= 15 is 0 Å². The summed E-state index contributed by atoms with van der Waals surface area (Å²) in [6.07, 6.45) is 7.18. The lowest BCUT2D eigenvalue weighted by Crippen LogP contribution is -2.51. The predicted molar refractivity (Wildman–Crippen MR) is 94.4 cm³/mol. The van der Waals surface area contributed by atoms with Crippen molar-refractivity contribution in [2.24, 2.45) is 5.92 Å². The fourth-order valence-electron chi connectivity index (χ4n) is 3.52. The van der Waals surface area contributed by atoms with Crippen LogP contribution < -0.4 is 4.90 Å². The number of para-hydroxylation sites is 1. The van der Waals surface area contributed by atoms with Gasteiger partial charge in [0.25, 0.3) is 0 Å². The van der Waals surface area contributed by atoms with Crippen molar-refractivity contribution in [3.8, 4) is 5.69 Å². The molecule has 0 spiro atoms. The number of rotatable bonds is 3. The highest BCUT2D eigenvalue weighted by Gasteiger charge is 2.29. The molecule has 1 saturated heterocycles. The molecule has 1 amide bonds. The van der Waals surface area contributed by atoms with E-state index in [0.29, 0.717) is 5.91 Å². The van der Waals surface area contributed by atoms with Crippen LogP contribution in [-0.4, -0.2) is 57.2 Å². The Morgan fingerprint density at radius 1 is 1.04 bits per heavy atom. The summed E-state index contributed by atoms with van der Waals surface area (Å²) in [4.78, 5) is 16.8. The van der Waals surface area contributed by atoms with Gasteiger partial charge in [-0.3, -0.25) is 4.79 Å². The molecule has 4 rings (SSSR count). The summed E-state index contributed by atoms with van der Waals surface area (Å²) in [6.45, 7) is 2.95. The second-order valence-electron chi connectivity index (χ2n) is 6.52. The molecule has 0 radical (unpaired) electrons. The van der Waals surface area contributed by atoms with Crippen molar-refractivity contribution in [1.29, 1.82) is 0 Å². The number of amides is 1. The topological polar surface area (TPSA) is 67.2 Å². The van der Waals surface area contributed by atoms with Gasteiger partial charge in [0.1, 0.15) is 0 Å². The average Bonchev–Trinajstić information content (AvgIpc) is 3.19. The third kappa shape index (κ3) is 3.26. The quantitative estimate of drug-likeness (QED) is 0.797. The van der Waals surface area contributed by atoms with Gasteiger partial charge in [0.2, 0.25) is 11.9 Å². The molecule has 0 unspecified atom stereocenters. The molecule has 1 aromatic heterocycles. The summed E-state index contributed by atoms with van der Waals surface area (Å²) >= 11 is 0. The van der Waals surface area contributed by atoms with Crippen molar-refractivity contribution in [2.75, 3.05) is 31.1 Å². The van der Waals surface area contributed by atoms with Crippen LogP contribution in [0.4, 0.5) is 5.95 Å². The molecule has 2 heterocycles. The van der Waals surface area contributed by atoms with Gasteiger partial charge < -0.3 is 9.80 Å². The third-order valence-corrected chi connectivity index (χ3v) is 4.95. The third-order valence-electron chi connectivity index (χ3n) is 4.95. The number of carbonyl (C=O) groups is 1. The first-order valence-corrected chi connectivity index (χ1v) is 8.85. The highest BCUT2D eigenvalue weighted by Crippen LogP contribution is 2.22. The summed E-state index contributed by atoms with van der Waals surface area (Å²) in [7, 11) is 0. The zero-order valence-corrected chi connectivity index (χ0v) is 14.2. The normalized spacial score (nSPS) is 20.7. The molecule has 1 aliphatic carbocycles. The van der Waals surface area contributed by atoms with E-state index in [1.54, 1.807) is 4.68 Å². The monoisotopic (exact) mass is 338 g/mol. The van der Waals surface area contributed by atoms with Crippen LogP contribution in [0.25, 0.3) is 5.69 Å². The zero-order valence-electron chi connectivity index (χ0n) is 14.2. The van der Waals surface area contributed by atoms with Crippen LogP contribution in [0.2, 0.25) is 0 Å². The van der Waals surface area contributed by atoms with Gasteiger partial charge in [0.15, 0.2) is 0 Å². The van der Waals surface area contributed by atoms with E-state index in [0.717, 1.165) is 57.1 Å². The van der Waals surface area contributed by atoms with Gasteiger partial charge in [-0.1, -0.05) is 35.4 Å². The largest absolute Gasteiger partial charge is 0.339 e. The first kappa shape index (κ1) is 15.8. The maximum Gasteiger partial charge on any atom is 0.250 e. The molecule has 1 aromatic carbocycles. The van der Waals surface area contributed by atoms with Gasteiger partial charge in [-0.15, -0.1) is 0 Å². The number of carbonyl (C=O) groups excluding carboxylic acids is 1. The smallest absolute Gasteiger partial charge is 0.250 e. The number of allylic oxidation sites excluding steroid dienone is 2. The van der Waals surface area contributed by atoms with Crippen LogP contribution in [0.5, 0.6) is 0 Å². The second-order valence-corrected chi connectivity index (χ2v) is 6.52. The number of hydrogen-bond acceptors (Lipinski definition) is 5. The average molecular weight is 338 g/mol. The number of aromatic nitrogens is 4. The molecule has 25 heavy (non-hydrogen) atoms. The van der Waals surface area contributed by atoms with Gasteiger partial charge >= 0.3 is 0 Å². The molecular weight excluding hydrogens is 316 g/mol. The summed E-state index contributed by atoms with van der Waals surface area (Å²) in [6, 6.07) is 9.87. The minimum atomic E-state index is 0.159. The molecule has 0 saturated carbocycles. The van der Waals surface area contributed by atoms with Gasteiger partial charge in [0, 0.05) is 32.1 Å². The van der Waals surface area contributed by atoms with E-state index in [1.165, 1.54) is 0 Å². The fourth-order valence-corrected chi connectivity index (χ4v) is 3.52. The number of anilines is 1. The number of hydrogen-bond donors (Lipinski definition) is 0. The van der Waals surface area contributed by atoms with E-state index in [-0.39, 0.29) is 5.92 Å². The molecule has 1 aliphatic heterocycles. The van der Waals surface area contributed by atoms with Crippen LogP contribution in [0.1, 0.15) is 19.3 Å². The molecular formula is C18H22N6O. The summed E-state index contributed by atoms with van der Waals surface area (Å²) < 4.78 is 1.75. The number of piperazine rings is 1. The lowest BCUT2D eigenvalue weighted by molar-refractivity contribution is -0.136. The van der Waals surface area contributed by atoms with E-state index in [4.69, 9.17) is 0 Å². The maximum absolute atomic E-state index is 12.7. The summed E-state index contributed by atoms with van der Waals surface area (Å²) in [5.41, 5.74) is 0.940. The lowest BCUT2D eigenvalue weighted by Gasteiger charge is -2.36. The van der Waals surface area contributed by atoms with Gasteiger partial charge in [0.05, 0.1) is 5.69 Å². The van der Waals surface area contributed by atoms with Crippen LogP contribution in [0.15, 0.2) is 42.5 Å². The minimum Gasteiger partial charge on any atom is -0.339 e. The molecule has 0 N–H and O–H groups in total. The highest BCUT2D eigenvalue weighted by atomic mass is 16.2. The Morgan fingerprint density at radius 3 is 2.56 bits per heavy atom. The SMILES string of the molecule is O=C([C@@H]1CC=CCC1)N1CCN(c2nnnn2-c2ccccc2)CC1. The number of benzene rings is 1. The number of tetrazole rings is 1. The Bertz CT molecular complexity index is 748. The standard InChI is InChI=1S/C18H22N6O/c25-17(15-7-3-1-4-8-15)22-11-13-23(14-12-22)18-19-20-21-24(18)16-9-5-2-6-10-16/h1-3,5-6,9-10,15H,4,7-8,11-14H2/t15-/m1/s1. The van der Waals surface area contributed by atoms with Crippen LogP contribution in [0.3, 0.4) is 0 Å². The van der Waals surface area contributed by atoms with Gasteiger partial charge in [-0.25, -0.2) is 0 Å². The van der Waals surface area contributed by atoms with Crippen molar-refractivity contribution in [2.45, 2.75) is 19.3 Å². The number of nitrogens with zero attached hydrogens (tertiary/aromatic N) is 6. The molecule has 2 aromatic rings. The highest BCUT2D eigenvalue weighted by molar-refractivity contribution is 5.79. The molecule has 1 fully saturated rings. The Balaban J connectivity index is 1.42. The van der Waals surface area contributed by atoms with E-state index < -0.39 is 0 Å². The van der Waals surface area contributed by atoms with E-state index in [9.17, 15) is 4.79 Å². The minimum absolute atomic E-state index is 0.159. The first-order chi connectivity index (χ1) is 12.3. The second kappa shape index (κ2) is 7.04. The Hall–Kier alpha value is -2.70. The Labute approximate surface area is 146 Å². The van der Waals surface area contributed by atoms with Crippen molar-refractivity contribution >= 4 is 11.9 Å². The molecule has 7 nitrogen and oxygen atoms in total. The van der Waals surface area contributed by atoms with E-state index in [1.807, 2.05) is 35.2 Å².